The highest BCUT2D eigenvalue weighted by Crippen LogP contribution is 2.27. The molecule has 1 aliphatic rings. The minimum atomic E-state index is -0.491. The molecule has 0 unspecified atom stereocenters. The van der Waals surface area contributed by atoms with Gasteiger partial charge in [-0.1, -0.05) is 30.3 Å². The summed E-state index contributed by atoms with van der Waals surface area (Å²) in [5, 5.41) is 23.1. The number of carbonyl (C=O) groups excluding carboxylic acids is 2. The van der Waals surface area contributed by atoms with E-state index in [0.717, 1.165) is 23.0 Å². The van der Waals surface area contributed by atoms with Gasteiger partial charge in [-0.05, 0) is 42.0 Å². The van der Waals surface area contributed by atoms with Gasteiger partial charge in [0.1, 0.15) is 0 Å². The van der Waals surface area contributed by atoms with Gasteiger partial charge in [-0.15, -0.1) is 16.4 Å². The van der Waals surface area contributed by atoms with E-state index in [9.17, 15) is 19.7 Å². The molecule has 1 fully saturated rings. The SMILES string of the molecule is Cc1ccccc1NC(=O)Cc1csc(N/N=C2/NC(=O)/C(=C/c3cccc([N+](=O)[O-])c3)S2)n1. The van der Waals surface area contributed by atoms with Gasteiger partial charge in [0.25, 0.3) is 11.6 Å². The smallest absolute Gasteiger partial charge is 0.270 e. The first kappa shape index (κ1) is 23.1. The van der Waals surface area contributed by atoms with Crippen LogP contribution in [0.1, 0.15) is 16.8 Å². The molecule has 34 heavy (non-hydrogen) atoms. The van der Waals surface area contributed by atoms with Crippen LogP contribution < -0.4 is 16.1 Å². The van der Waals surface area contributed by atoms with E-state index in [2.05, 4.69) is 26.1 Å². The van der Waals surface area contributed by atoms with Crippen molar-refractivity contribution < 1.29 is 14.5 Å². The van der Waals surface area contributed by atoms with Crippen molar-refractivity contribution in [3.05, 3.63) is 85.8 Å². The Balaban J connectivity index is 1.35. The highest BCUT2D eigenvalue weighted by molar-refractivity contribution is 8.18. The third kappa shape index (κ3) is 5.85. The van der Waals surface area contributed by atoms with Gasteiger partial charge < -0.3 is 5.32 Å². The van der Waals surface area contributed by atoms with Crippen LogP contribution >= 0.6 is 23.1 Å². The number of anilines is 2. The number of nitrogens with zero attached hydrogens (tertiary/aromatic N) is 3. The van der Waals surface area contributed by atoms with Crippen LogP contribution in [0.3, 0.4) is 0 Å². The van der Waals surface area contributed by atoms with Crippen LogP contribution in [0.15, 0.2) is 63.9 Å². The lowest BCUT2D eigenvalue weighted by molar-refractivity contribution is -0.384. The van der Waals surface area contributed by atoms with Gasteiger partial charge in [-0.2, -0.15) is 0 Å². The van der Waals surface area contributed by atoms with E-state index in [-0.39, 0.29) is 23.9 Å². The number of thioether (sulfide) groups is 1. The maximum atomic E-state index is 12.3. The molecule has 10 nitrogen and oxygen atoms in total. The number of nitro benzene ring substituents is 1. The minimum absolute atomic E-state index is 0.0551. The second kappa shape index (κ2) is 10.3. The van der Waals surface area contributed by atoms with Gasteiger partial charge in [-0.25, -0.2) is 4.98 Å². The molecule has 1 saturated heterocycles. The summed E-state index contributed by atoms with van der Waals surface area (Å²) in [5.41, 5.74) is 5.59. The average molecular weight is 495 g/mol. The van der Waals surface area contributed by atoms with E-state index in [1.807, 2.05) is 31.2 Å². The number of carbonyl (C=O) groups is 2. The van der Waals surface area contributed by atoms with Gasteiger partial charge >= 0.3 is 0 Å². The van der Waals surface area contributed by atoms with Crippen LogP contribution in [-0.4, -0.2) is 26.9 Å². The molecule has 0 saturated carbocycles. The van der Waals surface area contributed by atoms with Crippen LogP contribution in [0.2, 0.25) is 0 Å². The Morgan fingerprint density at radius 2 is 2.09 bits per heavy atom. The predicted octanol–water partition coefficient (Wildman–Crippen LogP) is 4.13. The molecule has 0 spiro atoms. The normalized spacial score (nSPS) is 15.4. The summed E-state index contributed by atoms with van der Waals surface area (Å²) in [4.78, 5) is 39.7. The number of rotatable bonds is 7. The Labute approximate surface area is 202 Å². The fraction of sp³-hybridized carbons (Fsp3) is 0.0909. The fourth-order valence-corrected chi connectivity index (χ4v) is 4.40. The zero-order valence-corrected chi connectivity index (χ0v) is 19.4. The maximum Gasteiger partial charge on any atom is 0.270 e. The van der Waals surface area contributed by atoms with Gasteiger partial charge in [0.05, 0.1) is 21.9 Å². The number of thiazole rings is 1. The third-order valence-electron chi connectivity index (χ3n) is 4.60. The van der Waals surface area contributed by atoms with Crippen molar-refractivity contribution in [2.45, 2.75) is 13.3 Å². The number of nitro groups is 1. The first-order valence-electron chi connectivity index (χ1n) is 9.96. The van der Waals surface area contributed by atoms with Crippen molar-refractivity contribution in [1.82, 2.24) is 10.3 Å². The highest BCUT2D eigenvalue weighted by atomic mass is 32.2. The molecule has 2 heterocycles. The van der Waals surface area contributed by atoms with E-state index in [1.54, 1.807) is 23.6 Å². The summed E-state index contributed by atoms with van der Waals surface area (Å²) in [6.45, 7) is 1.92. The highest BCUT2D eigenvalue weighted by Gasteiger charge is 2.24. The fourth-order valence-electron chi connectivity index (χ4n) is 2.97. The van der Waals surface area contributed by atoms with Crippen molar-refractivity contribution in [1.29, 1.82) is 0 Å². The zero-order valence-electron chi connectivity index (χ0n) is 17.8. The third-order valence-corrected chi connectivity index (χ3v) is 6.30. The quantitative estimate of drug-likeness (QED) is 0.255. The molecule has 172 valence electrons. The second-order valence-corrected chi connectivity index (χ2v) is 9.02. The Bertz CT molecular complexity index is 1330. The predicted molar refractivity (Wildman–Crippen MR) is 133 cm³/mol. The molecule has 1 aliphatic heterocycles. The van der Waals surface area contributed by atoms with Crippen molar-refractivity contribution in [2.24, 2.45) is 5.10 Å². The van der Waals surface area contributed by atoms with Crippen molar-refractivity contribution >= 4 is 62.7 Å². The Morgan fingerprint density at radius 1 is 1.26 bits per heavy atom. The van der Waals surface area contributed by atoms with Gasteiger partial charge in [0, 0.05) is 23.2 Å². The van der Waals surface area contributed by atoms with Crippen molar-refractivity contribution in [3.63, 3.8) is 0 Å². The number of benzene rings is 2. The van der Waals surface area contributed by atoms with Gasteiger partial charge in [0.15, 0.2) is 5.17 Å². The van der Waals surface area contributed by atoms with E-state index in [0.29, 0.717) is 26.5 Å². The van der Waals surface area contributed by atoms with E-state index >= 15 is 0 Å². The van der Waals surface area contributed by atoms with Crippen molar-refractivity contribution in [3.8, 4) is 0 Å². The summed E-state index contributed by atoms with van der Waals surface area (Å²) >= 11 is 2.38. The summed E-state index contributed by atoms with van der Waals surface area (Å²) in [7, 11) is 0. The molecule has 0 atom stereocenters. The van der Waals surface area contributed by atoms with Crippen LogP contribution in [0.25, 0.3) is 6.08 Å². The van der Waals surface area contributed by atoms with Crippen LogP contribution in [0, 0.1) is 17.0 Å². The Morgan fingerprint density at radius 3 is 2.88 bits per heavy atom. The van der Waals surface area contributed by atoms with Crippen LogP contribution in [-0.2, 0) is 16.0 Å². The van der Waals surface area contributed by atoms with Crippen molar-refractivity contribution in [2.75, 3.05) is 10.7 Å². The lowest BCUT2D eigenvalue weighted by atomic mass is 10.2. The average Bonchev–Trinajstić information content (AvgIpc) is 3.40. The van der Waals surface area contributed by atoms with E-state index < -0.39 is 4.92 Å². The van der Waals surface area contributed by atoms with Crippen LogP contribution in [0.5, 0.6) is 0 Å². The molecular formula is C22H18N6O4S2. The molecule has 0 bridgehead atoms. The zero-order chi connectivity index (χ0) is 24.1. The molecule has 12 heteroatoms. The Hall–Kier alpha value is -4.03. The molecular weight excluding hydrogens is 476 g/mol. The molecule has 0 radical (unpaired) electrons. The van der Waals surface area contributed by atoms with Gasteiger partial charge in [-0.3, -0.25) is 30.4 Å². The minimum Gasteiger partial charge on any atom is -0.326 e. The molecule has 4 rings (SSSR count). The number of hydrogen-bond donors (Lipinski definition) is 3. The monoisotopic (exact) mass is 494 g/mol. The summed E-state index contributed by atoms with van der Waals surface area (Å²) in [6.07, 6.45) is 1.68. The lowest BCUT2D eigenvalue weighted by Gasteiger charge is -2.06. The van der Waals surface area contributed by atoms with Crippen LogP contribution in [0.4, 0.5) is 16.5 Å². The largest absolute Gasteiger partial charge is 0.326 e. The first-order valence-corrected chi connectivity index (χ1v) is 11.7. The molecule has 2 aromatic carbocycles. The van der Waals surface area contributed by atoms with E-state index in [4.69, 9.17) is 0 Å². The standard InChI is InChI=1S/C22H18N6O4S2/c1-13-5-2-3-8-17(13)24-19(29)11-15-12-33-21(23-15)26-27-22-25-20(30)18(34-22)10-14-6-4-7-16(9-14)28(31)32/h2-10,12H,11H2,1H3,(H,23,26)(H,24,29)(H,25,27,30)/b18-10-. The molecule has 1 aromatic heterocycles. The number of aryl methyl sites for hydroxylation is 1. The van der Waals surface area contributed by atoms with E-state index in [1.165, 1.54) is 23.5 Å². The number of non-ortho nitro benzene ring substituents is 1. The molecule has 2 amide bonds. The number of amides is 2. The molecule has 3 aromatic rings. The summed E-state index contributed by atoms with van der Waals surface area (Å²) < 4.78 is 0. The number of amidine groups is 1. The lowest BCUT2D eigenvalue weighted by Crippen LogP contribution is -2.20. The number of hydrazone groups is 1. The Kier molecular flexibility index (Phi) is 6.99. The topological polar surface area (TPSA) is 139 Å². The molecule has 3 N–H and O–H groups in total. The summed E-state index contributed by atoms with van der Waals surface area (Å²) in [6, 6.07) is 13.5. The summed E-state index contributed by atoms with van der Waals surface area (Å²) in [5.74, 6) is -0.531. The number of hydrogen-bond acceptors (Lipinski definition) is 9. The first-order chi connectivity index (χ1) is 16.4. The van der Waals surface area contributed by atoms with Gasteiger partial charge in [0.2, 0.25) is 11.0 Å². The number of nitrogens with one attached hydrogen (secondary N) is 3. The maximum absolute atomic E-state index is 12.3. The molecule has 0 aliphatic carbocycles. The number of para-hydroxylation sites is 1. The second-order valence-electron chi connectivity index (χ2n) is 7.13. The number of aromatic nitrogens is 1.